The largest absolute Gasteiger partial charge is 0.508 e. The first-order chi connectivity index (χ1) is 9.52. The predicted molar refractivity (Wildman–Crippen MR) is 77.3 cm³/mol. The number of aromatic amines is 1. The van der Waals surface area contributed by atoms with Crippen molar-refractivity contribution >= 4 is 11.6 Å². The minimum atomic E-state index is -0.320. The molecule has 0 unspecified atom stereocenters. The van der Waals surface area contributed by atoms with E-state index in [1.54, 1.807) is 24.3 Å². The van der Waals surface area contributed by atoms with E-state index in [0.717, 1.165) is 5.56 Å². The van der Waals surface area contributed by atoms with E-state index in [0.29, 0.717) is 17.8 Å². The van der Waals surface area contributed by atoms with Crippen LogP contribution in [0.5, 0.6) is 5.75 Å². The zero-order chi connectivity index (χ0) is 14.7. The average molecular weight is 272 g/mol. The Kier molecular flexibility index (Phi) is 3.89. The van der Waals surface area contributed by atoms with E-state index in [1.165, 1.54) is 17.2 Å². The summed E-state index contributed by atoms with van der Waals surface area (Å²) in [6, 6.07) is 7.69. The summed E-state index contributed by atoms with van der Waals surface area (Å²) in [7, 11) is 0. The van der Waals surface area contributed by atoms with Gasteiger partial charge in [0.05, 0.1) is 5.69 Å². The number of carbonyl (C=O) groups excluding carboxylic acids is 1. The molecule has 0 spiro atoms. The molecular formula is C15H16N2O3. The molecule has 0 fully saturated rings. The Balaban J connectivity index is 2.44. The number of phenolic OH excluding ortho intramolecular Hbond substituents is 1. The highest BCUT2D eigenvalue weighted by molar-refractivity contribution is 6.06. The molecule has 1 amide bonds. The third-order valence-corrected chi connectivity index (χ3v) is 3.07. The highest BCUT2D eigenvalue weighted by Gasteiger charge is 2.18. The van der Waals surface area contributed by atoms with E-state index < -0.39 is 0 Å². The zero-order valence-electron chi connectivity index (χ0n) is 11.4. The van der Waals surface area contributed by atoms with Crippen LogP contribution in [0.3, 0.4) is 0 Å². The molecule has 20 heavy (non-hydrogen) atoms. The van der Waals surface area contributed by atoms with E-state index in [1.807, 2.05) is 13.8 Å². The fourth-order valence-corrected chi connectivity index (χ4v) is 2.05. The molecule has 1 aromatic heterocycles. The van der Waals surface area contributed by atoms with E-state index in [4.69, 9.17) is 0 Å². The molecule has 0 aliphatic heterocycles. The number of anilines is 1. The minimum absolute atomic E-state index is 0.0998. The van der Waals surface area contributed by atoms with Crippen LogP contribution in [0.4, 0.5) is 5.69 Å². The topological polar surface area (TPSA) is 73.4 Å². The van der Waals surface area contributed by atoms with Gasteiger partial charge in [-0.15, -0.1) is 0 Å². The first-order valence-electron chi connectivity index (χ1n) is 6.33. The normalized spacial score (nSPS) is 10.3. The van der Waals surface area contributed by atoms with Gasteiger partial charge in [-0.25, -0.2) is 0 Å². The van der Waals surface area contributed by atoms with E-state index >= 15 is 0 Å². The van der Waals surface area contributed by atoms with Crippen LogP contribution in [0.1, 0.15) is 22.8 Å². The number of nitrogens with one attached hydrogen (secondary N) is 1. The molecule has 1 aromatic carbocycles. The van der Waals surface area contributed by atoms with Crippen molar-refractivity contribution in [3.63, 3.8) is 0 Å². The summed E-state index contributed by atoms with van der Waals surface area (Å²) in [6.45, 7) is 4.15. The molecule has 0 saturated heterocycles. The van der Waals surface area contributed by atoms with Crippen molar-refractivity contribution in [3.8, 4) is 5.75 Å². The van der Waals surface area contributed by atoms with Crippen LogP contribution in [-0.2, 0) is 0 Å². The number of benzene rings is 1. The van der Waals surface area contributed by atoms with Crippen LogP contribution in [0.15, 0.2) is 41.3 Å². The standard InChI is InChI=1S/C15H16N2O3/c1-3-17(13-9-12(18)5-4-10(13)2)15(20)11-6-7-16-14(19)8-11/h4-9,18H,3H2,1-2H3,(H,16,19). The number of nitrogens with zero attached hydrogens (tertiary/aromatic N) is 1. The van der Waals surface area contributed by atoms with Crippen LogP contribution in [0, 0.1) is 6.92 Å². The second-order valence-electron chi connectivity index (χ2n) is 4.46. The van der Waals surface area contributed by atoms with Crippen LogP contribution in [0.2, 0.25) is 0 Å². The first kappa shape index (κ1) is 13.9. The second kappa shape index (κ2) is 5.61. The van der Waals surface area contributed by atoms with E-state index in [9.17, 15) is 14.7 Å². The maximum absolute atomic E-state index is 12.5. The Hall–Kier alpha value is -2.56. The molecule has 1 heterocycles. The maximum atomic E-state index is 12.5. The Morgan fingerprint density at radius 3 is 2.70 bits per heavy atom. The summed E-state index contributed by atoms with van der Waals surface area (Å²) in [5.41, 5.74) is 1.51. The predicted octanol–water partition coefficient (Wildman–Crippen LogP) is 2.06. The molecule has 5 heteroatoms. The van der Waals surface area contributed by atoms with Gasteiger partial charge in [0, 0.05) is 30.4 Å². The summed E-state index contributed by atoms with van der Waals surface area (Å²) in [4.78, 5) is 27.8. The highest BCUT2D eigenvalue weighted by atomic mass is 16.3. The van der Waals surface area contributed by atoms with Crippen LogP contribution >= 0.6 is 0 Å². The molecule has 0 bridgehead atoms. The number of hydrogen-bond donors (Lipinski definition) is 2. The fourth-order valence-electron chi connectivity index (χ4n) is 2.05. The van der Waals surface area contributed by atoms with Gasteiger partial charge in [-0.2, -0.15) is 0 Å². The summed E-state index contributed by atoms with van der Waals surface area (Å²) in [5, 5.41) is 9.59. The third-order valence-electron chi connectivity index (χ3n) is 3.07. The zero-order valence-corrected chi connectivity index (χ0v) is 11.4. The van der Waals surface area contributed by atoms with Gasteiger partial charge in [-0.05, 0) is 31.5 Å². The van der Waals surface area contributed by atoms with Gasteiger partial charge in [-0.3, -0.25) is 9.59 Å². The monoisotopic (exact) mass is 272 g/mol. The maximum Gasteiger partial charge on any atom is 0.258 e. The molecule has 2 N–H and O–H groups in total. The van der Waals surface area contributed by atoms with Gasteiger partial charge in [0.1, 0.15) is 5.75 Å². The molecule has 0 atom stereocenters. The summed E-state index contributed by atoms with van der Waals surface area (Å²) >= 11 is 0. The molecule has 0 saturated carbocycles. The molecular weight excluding hydrogens is 256 g/mol. The lowest BCUT2D eigenvalue weighted by atomic mass is 10.1. The molecule has 2 rings (SSSR count). The Morgan fingerprint density at radius 2 is 2.05 bits per heavy atom. The summed E-state index contributed by atoms with van der Waals surface area (Å²) in [6.07, 6.45) is 1.44. The van der Waals surface area contributed by atoms with Gasteiger partial charge in [-0.1, -0.05) is 6.07 Å². The Labute approximate surface area is 116 Å². The van der Waals surface area contributed by atoms with Crippen LogP contribution in [0.25, 0.3) is 0 Å². The van der Waals surface area contributed by atoms with Crippen molar-refractivity contribution in [2.24, 2.45) is 0 Å². The number of hydrogen-bond acceptors (Lipinski definition) is 3. The lowest BCUT2D eigenvalue weighted by Crippen LogP contribution is -2.31. The van der Waals surface area contributed by atoms with Gasteiger partial charge in [0.2, 0.25) is 5.56 Å². The molecule has 0 aliphatic rings. The first-order valence-corrected chi connectivity index (χ1v) is 6.33. The molecule has 2 aromatic rings. The van der Waals surface area contributed by atoms with E-state index in [2.05, 4.69) is 4.98 Å². The van der Waals surface area contributed by atoms with Crippen LogP contribution < -0.4 is 10.5 Å². The summed E-state index contributed by atoms with van der Waals surface area (Å²) in [5.74, 6) is -0.171. The number of aromatic hydroxyl groups is 1. The number of aromatic nitrogens is 1. The van der Waals surface area contributed by atoms with Gasteiger partial charge < -0.3 is 15.0 Å². The molecule has 104 valence electrons. The molecule has 5 nitrogen and oxygen atoms in total. The second-order valence-corrected chi connectivity index (χ2v) is 4.46. The smallest absolute Gasteiger partial charge is 0.258 e. The number of pyridine rings is 1. The fraction of sp³-hybridized carbons (Fsp3) is 0.200. The van der Waals surface area contributed by atoms with Crippen molar-refractivity contribution in [1.29, 1.82) is 0 Å². The molecule has 0 aliphatic carbocycles. The minimum Gasteiger partial charge on any atom is -0.508 e. The summed E-state index contributed by atoms with van der Waals surface area (Å²) < 4.78 is 0. The highest BCUT2D eigenvalue weighted by Crippen LogP contribution is 2.26. The number of carbonyl (C=O) groups is 1. The van der Waals surface area contributed by atoms with Crippen molar-refractivity contribution < 1.29 is 9.90 Å². The van der Waals surface area contributed by atoms with Gasteiger partial charge in [0.25, 0.3) is 5.91 Å². The third kappa shape index (κ3) is 2.71. The molecule has 0 radical (unpaired) electrons. The Bertz CT molecular complexity index is 692. The van der Waals surface area contributed by atoms with Gasteiger partial charge in [0.15, 0.2) is 0 Å². The SMILES string of the molecule is CCN(C(=O)c1cc[nH]c(=O)c1)c1cc(O)ccc1C. The van der Waals surface area contributed by atoms with E-state index in [-0.39, 0.29) is 17.2 Å². The van der Waals surface area contributed by atoms with Crippen molar-refractivity contribution in [3.05, 3.63) is 58.0 Å². The van der Waals surface area contributed by atoms with Gasteiger partial charge >= 0.3 is 0 Å². The lowest BCUT2D eigenvalue weighted by Gasteiger charge is -2.23. The number of amides is 1. The average Bonchev–Trinajstić information content (AvgIpc) is 2.43. The lowest BCUT2D eigenvalue weighted by molar-refractivity contribution is 0.0988. The van der Waals surface area contributed by atoms with Crippen molar-refractivity contribution in [2.45, 2.75) is 13.8 Å². The Morgan fingerprint density at radius 1 is 1.30 bits per heavy atom. The number of H-pyrrole nitrogens is 1. The van der Waals surface area contributed by atoms with Crippen molar-refractivity contribution in [1.82, 2.24) is 4.98 Å². The van der Waals surface area contributed by atoms with Crippen molar-refractivity contribution in [2.75, 3.05) is 11.4 Å². The number of phenols is 1. The van der Waals surface area contributed by atoms with Crippen LogP contribution in [-0.4, -0.2) is 22.5 Å². The quantitative estimate of drug-likeness (QED) is 0.898. The number of aryl methyl sites for hydroxylation is 1. The number of rotatable bonds is 3.